The van der Waals surface area contributed by atoms with Crippen molar-refractivity contribution in [1.82, 2.24) is 44.2 Å². The maximum absolute atomic E-state index is 14.4. The maximum atomic E-state index is 14.4. The lowest BCUT2D eigenvalue weighted by Crippen LogP contribution is -2.51. The van der Waals surface area contributed by atoms with Gasteiger partial charge < -0.3 is 24.8 Å². The van der Waals surface area contributed by atoms with Crippen molar-refractivity contribution in [3.8, 4) is 5.75 Å². The summed E-state index contributed by atoms with van der Waals surface area (Å²) < 4.78 is 42.6. The van der Waals surface area contributed by atoms with Gasteiger partial charge in [-0.3, -0.25) is 14.4 Å². The molecule has 1 aliphatic heterocycles. The second kappa shape index (κ2) is 15.0. The third-order valence-corrected chi connectivity index (χ3v) is 11.0. The van der Waals surface area contributed by atoms with E-state index < -0.39 is 29.1 Å². The van der Waals surface area contributed by atoms with E-state index in [9.17, 15) is 32.7 Å². The number of benzene rings is 1. The number of allylic oxidation sites excluding steroid dienone is 2. The Morgan fingerprint density at radius 2 is 1.87 bits per heavy atom. The van der Waals surface area contributed by atoms with Crippen molar-refractivity contribution in [2.45, 2.75) is 65.1 Å². The summed E-state index contributed by atoms with van der Waals surface area (Å²) in [6.07, 6.45) is 0.981. The highest BCUT2D eigenvalue weighted by molar-refractivity contribution is 7.11. The Morgan fingerprint density at radius 3 is 2.51 bits per heavy atom. The summed E-state index contributed by atoms with van der Waals surface area (Å²) in [5.41, 5.74) is 0.288. The van der Waals surface area contributed by atoms with Crippen LogP contribution in [-0.4, -0.2) is 87.3 Å². The molecule has 2 amide bonds. The smallest absolute Gasteiger partial charge is 0.416 e. The predicted octanol–water partition coefficient (Wildman–Crippen LogP) is 5.04. The van der Waals surface area contributed by atoms with Crippen molar-refractivity contribution < 1.29 is 27.9 Å². The van der Waals surface area contributed by atoms with E-state index in [1.54, 1.807) is 22.8 Å². The van der Waals surface area contributed by atoms with Crippen molar-refractivity contribution >= 4 is 57.5 Å². The first-order chi connectivity index (χ1) is 26.2. The van der Waals surface area contributed by atoms with Gasteiger partial charge in [-0.15, -0.1) is 26.6 Å². The molecule has 4 aromatic heterocycles. The highest BCUT2D eigenvalue weighted by Crippen LogP contribution is 2.37. The number of nitrogens with zero attached hydrogens (tertiary/aromatic N) is 10. The van der Waals surface area contributed by atoms with Gasteiger partial charge in [0.15, 0.2) is 17.3 Å². The zero-order valence-electron chi connectivity index (χ0n) is 29.9. The number of carbonyl (C=O) groups excluding carboxylic acids is 2. The fourth-order valence-electron chi connectivity index (χ4n) is 6.84. The second-order valence-electron chi connectivity index (χ2n) is 13.2. The molecule has 0 radical (unpaired) electrons. The number of anilines is 2. The van der Waals surface area contributed by atoms with Crippen LogP contribution in [0, 0.1) is 13.8 Å². The van der Waals surface area contributed by atoms with Gasteiger partial charge in [0.1, 0.15) is 28.6 Å². The molecule has 1 aromatic carbocycles. The van der Waals surface area contributed by atoms with Crippen molar-refractivity contribution in [2.24, 2.45) is 0 Å². The first-order valence-electron chi connectivity index (χ1n) is 17.5. The first kappa shape index (κ1) is 37.9. The van der Waals surface area contributed by atoms with Crippen LogP contribution in [0.25, 0.3) is 11.4 Å². The molecule has 5 heterocycles. The number of halogens is 4. The molecule has 2 aliphatic rings. The normalized spacial score (nSPS) is 16.4. The number of aromatic hydroxyl groups is 1. The molecule has 2 N–H and O–H groups in total. The van der Waals surface area contributed by atoms with Crippen molar-refractivity contribution in [3.05, 3.63) is 84.5 Å². The SMILES string of the molecule is CCc1c(N2CCN(C(=O)c3ncnc(C)c3O)CC2)c(=O)n2nc(C3=CCC(c4nnc(C)s4)CC3)nc2n1CC(=O)Nc1ccc(C(F)(F)F)cc1Cl. The van der Waals surface area contributed by atoms with E-state index in [1.165, 1.54) is 15.7 Å². The second-order valence-corrected chi connectivity index (χ2v) is 14.8. The van der Waals surface area contributed by atoms with E-state index >= 15 is 0 Å². The summed E-state index contributed by atoms with van der Waals surface area (Å²) in [6, 6.07) is 2.65. The summed E-state index contributed by atoms with van der Waals surface area (Å²) in [5, 5.41) is 27.7. The zero-order valence-corrected chi connectivity index (χ0v) is 31.5. The quantitative estimate of drug-likeness (QED) is 0.215. The molecule has 55 heavy (non-hydrogen) atoms. The van der Waals surface area contributed by atoms with Gasteiger partial charge in [0, 0.05) is 32.1 Å². The fraction of sp³-hybridized carbons (Fsp3) is 0.400. The Balaban J connectivity index is 1.23. The van der Waals surface area contributed by atoms with Crippen LogP contribution >= 0.6 is 22.9 Å². The van der Waals surface area contributed by atoms with Gasteiger partial charge in [-0.1, -0.05) is 24.6 Å². The molecule has 7 rings (SSSR count). The van der Waals surface area contributed by atoms with E-state index in [-0.39, 0.29) is 84.4 Å². The number of hydrogen-bond donors (Lipinski definition) is 2. The van der Waals surface area contributed by atoms with Crippen LogP contribution in [0.2, 0.25) is 5.02 Å². The lowest BCUT2D eigenvalue weighted by atomic mass is 9.90. The van der Waals surface area contributed by atoms with Crippen LogP contribution in [0.15, 0.2) is 35.4 Å². The minimum absolute atomic E-state index is 0.0181. The number of alkyl halides is 3. The number of nitrogens with one attached hydrogen (secondary N) is 1. The van der Waals surface area contributed by atoms with E-state index in [0.717, 1.165) is 40.2 Å². The number of piperazine rings is 1. The Labute approximate surface area is 320 Å². The van der Waals surface area contributed by atoms with Gasteiger partial charge >= 0.3 is 6.18 Å². The van der Waals surface area contributed by atoms with Gasteiger partial charge in [0.05, 0.1) is 27.7 Å². The van der Waals surface area contributed by atoms with Crippen LogP contribution in [0.5, 0.6) is 5.75 Å². The summed E-state index contributed by atoms with van der Waals surface area (Å²) >= 11 is 7.71. The number of fused-ring (bicyclic) bond motifs is 1. The summed E-state index contributed by atoms with van der Waals surface area (Å²) in [4.78, 5) is 57.3. The molecule has 1 saturated heterocycles. The average molecular weight is 798 g/mol. The van der Waals surface area contributed by atoms with Gasteiger partial charge in [-0.25, -0.2) is 9.97 Å². The third kappa shape index (κ3) is 7.49. The molecule has 1 atom stereocenters. The summed E-state index contributed by atoms with van der Waals surface area (Å²) in [5.74, 6) is -0.763. The number of aromatic nitrogens is 8. The van der Waals surface area contributed by atoms with Crippen molar-refractivity contribution in [1.29, 1.82) is 0 Å². The monoisotopic (exact) mass is 797 g/mol. The van der Waals surface area contributed by atoms with Crippen LogP contribution in [0.4, 0.5) is 24.5 Å². The molecule has 20 heteroatoms. The Bertz CT molecular complexity index is 2400. The largest absolute Gasteiger partial charge is 0.504 e. The van der Waals surface area contributed by atoms with Gasteiger partial charge in [0.25, 0.3) is 11.5 Å². The molecule has 1 unspecified atom stereocenters. The average Bonchev–Trinajstić information content (AvgIpc) is 3.81. The Hall–Kier alpha value is -5.43. The molecule has 15 nitrogen and oxygen atoms in total. The van der Waals surface area contributed by atoms with Gasteiger partial charge in [0.2, 0.25) is 11.7 Å². The summed E-state index contributed by atoms with van der Waals surface area (Å²) in [7, 11) is 0. The number of hydrogen-bond acceptors (Lipinski definition) is 12. The number of aryl methyl sites for hydroxylation is 2. The molecule has 5 aromatic rings. The number of carbonyl (C=O) groups is 2. The standard InChI is InChI=1S/C35H35ClF3N11O4S/c1-4-25-28(47-11-13-48(14-12-47)32(53)27-29(52)18(2)40-17-41-27)33(54)50-34(43-30(46-50)20-5-7-21(8-6-20)31-45-44-19(3)55-31)49(25)16-26(51)42-24-10-9-22(15-23(24)36)35(37,38)39/h5,9-10,15,17,21,52H,4,6-8,11-14,16H2,1-3H3,(H,42,51). The minimum atomic E-state index is -4.62. The molecule has 0 bridgehead atoms. The van der Waals surface area contributed by atoms with E-state index in [1.807, 2.05) is 24.8 Å². The Morgan fingerprint density at radius 1 is 1.11 bits per heavy atom. The zero-order chi connectivity index (χ0) is 39.2. The van der Waals surface area contributed by atoms with E-state index in [2.05, 4.69) is 30.6 Å². The minimum Gasteiger partial charge on any atom is -0.504 e. The van der Waals surface area contributed by atoms with Gasteiger partial charge in [-0.05, 0) is 63.3 Å². The predicted molar refractivity (Wildman–Crippen MR) is 197 cm³/mol. The first-order valence-corrected chi connectivity index (χ1v) is 18.7. The third-order valence-electron chi connectivity index (χ3n) is 9.71. The summed E-state index contributed by atoms with van der Waals surface area (Å²) in [6.45, 7) is 5.78. The van der Waals surface area contributed by atoms with E-state index in [4.69, 9.17) is 16.6 Å². The maximum Gasteiger partial charge on any atom is 0.416 e. The lowest BCUT2D eigenvalue weighted by molar-refractivity contribution is -0.137. The highest BCUT2D eigenvalue weighted by atomic mass is 35.5. The molecule has 288 valence electrons. The van der Waals surface area contributed by atoms with Gasteiger partial charge in [-0.2, -0.15) is 22.7 Å². The van der Waals surface area contributed by atoms with Crippen LogP contribution in [0.1, 0.15) is 75.4 Å². The van der Waals surface area contributed by atoms with Crippen LogP contribution in [0.3, 0.4) is 0 Å². The van der Waals surface area contributed by atoms with Crippen molar-refractivity contribution in [3.63, 3.8) is 0 Å². The lowest BCUT2D eigenvalue weighted by Gasteiger charge is -2.36. The number of amides is 2. The highest BCUT2D eigenvalue weighted by Gasteiger charge is 2.33. The molecule has 1 fully saturated rings. The Kier molecular flexibility index (Phi) is 10.3. The molecular weight excluding hydrogens is 763 g/mol. The van der Waals surface area contributed by atoms with Crippen molar-refractivity contribution in [2.75, 3.05) is 36.4 Å². The van der Waals surface area contributed by atoms with E-state index in [0.29, 0.717) is 24.4 Å². The molecule has 0 saturated carbocycles. The van der Waals surface area contributed by atoms with Crippen LogP contribution < -0.4 is 15.8 Å². The number of rotatable bonds is 8. The van der Waals surface area contributed by atoms with Crippen LogP contribution in [-0.2, 0) is 23.9 Å². The molecule has 0 spiro atoms. The topological polar surface area (TPSA) is 177 Å². The molecular formula is C35H35ClF3N11O4S. The molecule has 1 aliphatic carbocycles. The fourth-order valence-corrected chi connectivity index (χ4v) is 7.91.